The summed E-state index contributed by atoms with van der Waals surface area (Å²) >= 11 is 0. The number of nitrogens with zero attached hydrogens (tertiary/aromatic N) is 3. The summed E-state index contributed by atoms with van der Waals surface area (Å²) in [5, 5.41) is 12.6. The molecule has 0 aliphatic rings. The van der Waals surface area contributed by atoms with Crippen molar-refractivity contribution in [2.24, 2.45) is 0 Å². The molecule has 1 N–H and O–H groups in total. The van der Waals surface area contributed by atoms with Crippen LogP contribution in [-0.4, -0.2) is 25.7 Å². The van der Waals surface area contributed by atoms with E-state index in [4.69, 9.17) is 5.11 Å². The zero-order chi connectivity index (χ0) is 10.1. The second kappa shape index (κ2) is 3.10. The molecular weight excluding hydrogens is 182 g/mol. The number of hydrogen-bond donors (Lipinski definition) is 1. The predicted molar refractivity (Wildman–Crippen MR) is 49.1 cm³/mol. The van der Waals surface area contributed by atoms with Gasteiger partial charge in [0.15, 0.2) is 11.5 Å². The molecule has 0 bridgehead atoms. The highest BCUT2D eigenvalue weighted by Gasteiger charge is 2.08. The molecule has 0 aromatic carbocycles. The van der Waals surface area contributed by atoms with Crippen LogP contribution in [0.15, 0.2) is 18.3 Å². The highest BCUT2D eigenvalue weighted by Crippen LogP contribution is 2.07. The molecule has 5 nitrogen and oxygen atoms in total. The number of carboxylic acid groups (broad SMARTS) is 1. The van der Waals surface area contributed by atoms with Crippen molar-refractivity contribution >= 4 is 11.6 Å². The number of aromatic nitrogens is 3. The van der Waals surface area contributed by atoms with Gasteiger partial charge in [0.05, 0.1) is 0 Å². The smallest absolute Gasteiger partial charge is 0.311 e. The van der Waals surface area contributed by atoms with E-state index >= 15 is 0 Å². The maximum absolute atomic E-state index is 10.4. The van der Waals surface area contributed by atoms with Crippen molar-refractivity contribution in [3.05, 3.63) is 29.7 Å². The van der Waals surface area contributed by atoms with E-state index in [0.29, 0.717) is 11.5 Å². The number of aliphatic carboxylic acids is 1. The molecule has 14 heavy (non-hydrogen) atoms. The van der Waals surface area contributed by atoms with E-state index in [1.807, 2.05) is 19.1 Å². The fourth-order valence-electron chi connectivity index (χ4n) is 1.29. The van der Waals surface area contributed by atoms with Crippen LogP contribution in [0.5, 0.6) is 0 Å². The van der Waals surface area contributed by atoms with Crippen molar-refractivity contribution in [3.8, 4) is 0 Å². The molecule has 0 spiro atoms. The lowest BCUT2D eigenvalue weighted by molar-refractivity contribution is -0.136. The van der Waals surface area contributed by atoms with Crippen molar-refractivity contribution in [1.29, 1.82) is 0 Å². The largest absolute Gasteiger partial charge is 0.481 e. The minimum atomic E-state index is -0.918. The molecule has 0 amide bonds. The number of hydrogen-bond acceptors (Lipinski definition) is 3. The molecule has 0 aliphatic heterocycles. The molecule has 0 unspecified atom stereocenters. The van der Waals surface area contributed by atoms with Crippen LogP contribution in [0, 0.1) is 6.92 Å². The van der Waals surface area contributed by atoms with Crippen LogP contribution in [0.1, 0.15) is 11.4 Å². The number of rotatable bonds is 2. The number of aryl methyl sites for hydroxylation is 1. The monoisotopic (exact) mass is 191 g/mol. The lowest BCUT2D eigenvalue weighted by Crippen LogP contribution is -2.01. The molecule has 0 radical (unpaired) electrons. The molecule has 0 saturated carbocycles. The summed E-state index contributed by atoms with van der Waals surface area (Å²) in [6, 6.07) is 3.76. The Morgan fingerprint density at radius 2 is 2.43 bits per heavy atom. The first-order chi connectivity index (χ1) is 6.66. The third-order valence-electron chi connectivity index (χ3n) is 1.91. The number of fused-ring (bicyclic) bond motifs is 1. The van der Waals surface area contributed by atoms with Crippen LogP contribution in [0.25, 0.3) is 5.65 Å². The summed E-state index contributed by atoms with van der Waals surface area (Å²) in [5.41, 5.74) is 1.69. The maximum atomic E-state index is 10.4. The van der Waals surface area contributed by atoms with Gasteiger partial charge in [-0.25, -0.2) is 9.50 Å². The van der Waals surface area contributed by atoms with Crippen LogP contribution in [-0.2, 0) is 11.2 Å². The molecule has 2 rings (SSSR count). The zero-order valence-corrected chi connectivity index (χ0v) is 7.64. The van der Waals surface area contributed by atoms with Gasteiger partial charge in [-0.15, -0.1) is 0 Å². The minimum absolute atomic E-state index is 0.138. The van der Waals surface area contributed by atoms with E-state index in [-0.39, 0.29) is 6.42 Å². The molecule has 5 heteroatoms. The van der Waals surface area contributed by atoms with Crippen molar-refractivity contribution in [3.63, 3.8) is 0 Å². The van der Waals surface area contributed by atoms with Gasteiger partial charge in [0, 0.05) is 6.20 Å². The summed E-state index contributed by atoms with van der Waals surface area (Å²) in [7, 11) is 0. The third kappa shape index (κ3) is 1.44. The first-order valence-corrected chi connectivity index (χ1v) is 4.19. The highest BCUT2D eigenvalue weighted by atomic mass is 16.4. The lowest BCUT2D eigenvalue weighted by atomic mass is 10.3. The van der Waals surface area contributed by atoms with Crippen molar-refractivity contribution in [2.75, 3.05) is 0 Å². The van der Waals surface area contributed by atoms with Crippen molar-refractivity contribution < 1.29 is 9.90 Å². The van der Waals surface area contributed by atoms with Crippen LogP contribution in [0.2, 0.25) is 0 Å². The molecule has 0 saturated heterocycles. The topological polar surface area (TPSA) is 67.5 Å². The normalized spacial score (nSPS) is 10.6. The number of pyridine rings is 1. The van der Waals surface area contributed by atoms with Gasteiger partial charge in [0.1, 0.15) is 6.42 Å². The maximum Gasteiger partial charge on any atom is 0.311 e. The van der Waals surface area contributed by atoms with Gasteiger partial charge in [-0.1, -0.05) is 6.07 Å². The molecule has 2 aromatic rings. The van der Waals surface area contributed by atoms with Crippen LogP contribution in [0.3, 0.4) is 0 Å². The van der Waals surface area contributed by atoms with Gasteiger partial charge < -0.3 is 5.11 Å². The molecule has 0 aliphatic carbocycles. The van der Waals surface area contributed by atoms with E-state index in [0.717, 1.165) is 5.56 Å². The molecule has 0 atom stereocenters. The second-order valence-corrected chi connectivity index (χ2v) is 3.06. The van der Waals surface area contributed by atoms with Gasteiger partial charge >= 0.3 is 5.97 Å². The summed E-state index contributed by atoms with van der Waals surface area (Å²) in [6.07, 6.45) is 1.61. The number of carboxylic acids is 1. The Hall–Kier alpha value is -1.91. The second-order valence-electron chi connectivity index (χ2n) is 3.06. The average molecular weight is 191 g/mol. The molecule has 72 valence electrons. The number of carbonyl (C=O) groups is 1. The average Bonchev–Trinajstić information content (AvgIpc) is 2.47. The summed E-state index contributed by atoms with van der Waals surface area (Å²) < 4.78 is 1.59. The van der Waals surface area contributed by atoms with Crippen LogP contribution in [0.4, 0.5) is 0 Å². The molecular formula is C9H9N3O2. The van der Waals surface area contributed by atoms with Crippen molar-refractivity contribution in [2.45, 2.75) is 13.3 Å². The van der Waals surface area contributed by atoms with E-state index in [1.165, 1.54) is 0 Å². The minimum Gasteiger partial charge on any atom is -0.481 e. The first kappa shape index (κ1) is 8.68. The van der Waals surface area contributed by atoms with E-state index in [2.05, 4.69) is 10.1 Å². The van der Waals surface area contributed by atoms with Gasteiger partial charge in [0.2, 0.25) is 0 Å². The Morgan fingerprint density at radius 1 is 1.64 bits per heavy atom. The fourth-order valence-corrected chi connectivity index (χ4v) is 1.29. The fraction of sp³-hybridized carbons (Fsp3) is 0.222. The zero-order valence-electron chi connectivity index (χ0n) is 7.64. The van der Waals surface area contributed by atoms with Gasteiger partial charge in [-0.05, 0) is 18.6 Å². The molecule has 2 aromatic heterocycles. The Bertz CT molecular complexity index is 490. The summed E-state index contributed by atoms with van der Waals surface area (Å²) in [6.45, 7) is 1.91. The Labute approximate surface area is 80.0 Å². The quantitative estimate of drug-likeness (QED) is 0.757. The van der Waals surface area contributed by atoms with E-state index in [9.17, 15) is 4.79 Å². The summed E-state index contributed by atoms with van der Waals surface area (Å²) in [4.78, 5) is 14.6. The Balaban J connectivity index is 2.51. The third-order valence-corrected chi connectivity index (χ3v) is 1.91. The van der Waals surface area contributed by atoms with Gasteiger partial charge in [0.25, 0.3) is 0 Å². The summed E-state index contributed by atoms with van der Waals surface area (Å²) in [5.74, 6) is -0.578. The standard InChI is InChI=1S/C9H9N3O2/c1-6-3-2-4-12-9(6)10-7(11-12)5-8(13)14/h2-4H,5H2,1H3,(H,13,14). The van der Waals surface area contributed by atoms with Gasteiger partial charge in [-0.3, -0.25) is 4.79 Å². The molecule has 0 fully saturated rings. The van der Waals surface area contributed by atoms with E-state index < -0.39 is 5.97 Å². The SMILES string of the molecule is Cc1cccn2nc(CC(=O)O)nc12. The predicted octanol–water partition coefficient (Wildman–Crippen LogP) is 0.665. The highest BCUT2D eigenvalue weighted by molar-refractivity contribution is 5.69. The van der Waals surface area contributed by atoms with Gasteiger partial charge in [-0.2, -0.15) is 5.10 Å². The lowest BCUT2D eigenvalue weighted by Gasteiger charge is -1.92. The van der Waals surface area contributed by atoms with Crippen LogP contribution < -0.4 is 0 Å². The van der Waals surface area contributed by atoms with E-state index in [1.54, 1.807) is 10.7 Å². The van der Waals surface area contributed by atoms with Crippen LogP contribution >= 0.6 is 0 Å². The van der Waals surface area contributed by atoms with Crippen molar-refractivity contribution in [1.82, 2.24) is 14.6 Å². The first-order valence-electron chi connectivity index (χ1n) is 4.19. The Kier molecular flexibility index (Phi) is 1.92. The Morgan fingerprint density at radius 3 is 3.07 bits per heavy atom. The molecule has 2 heterocycles.